The molecule has 56 valence electrons. The molecule has 0 aromatic heterocycles. The van der Waals surface area contributed by atoms with Crippen molar-refractivity contribution in [3.05, 3.63) is 12.2 Å². The highest BCUT2D eigenvalue weighted by Gasteiger charge is 2.24. The number of cyclic esters (lactones) is 1. The van der Waals surface area contributed by atoms with Crippen LogP contribution in [0.5, 0.6) is 0 Å². The van der Waals surface area contributed by atoms with Gasteiger partial charge in [0.25, 0.3) is 0 Å². The molecule has 1 aliphatic heterocycles. The van der Waals surface area contributed by atoms with E-state index in [0.717, 1.165) is 12.0 Å². The fraction of sp³-hybridized carbons (Fsp3) is 0.571. The number of halogens is 1. The molecule has 10 heavy (non-hydrogen) atoms. The largest absolute Gasteiger partial charge is 0.458 e. The fourth-order valence-electron chi connectivity index (χ4n) is 0.899. The molecule has 0 aromatic carbocycles. The van der Waals surface area contributed by atoms with E-state index in [4.69, 9.17) is 4.74 Å². The first-order valence-corrected chi connectivity index (χ1v) is 4.29. The normalized spacial score (nSPS) is 24.5. The molecule has 2 nitrogen and oxygen atoms in total. The summed E-state index contributed by atoms with van der Waals surface area (Å²) in [6, 6.07) is 0. The first kappa shape index (κ1) is 7.79. The molecule has 1 saturated heterocycles. The molecule has 0 saturated carbocycles. The van der Waals surface area contributed by atoms with Crippen molar-refractivity contribution in [2.45, 2.75) is 18.9 Å². The van der Waals surface area contributed by atoms with Crippen molar-refractivity contribution in [1.29, 1.82) is 0 Å². The Morgan fingerprint density at radius 1 is 1.90 bits per heavy atom. The summed E-state index contributed by atoms with van der Waals surface area (Å²) in [4.78, 5) is 10.6. The van der Waals surface area contributed by atoms with Crippen molar-refractivity contribution in [3.63, 3.8) is 0 Å². The summed E-state index contributed by atoms with van der Waals surface area (Å²) in [5.74, 6) is -0.105. The first-order valence-electron chi connectivity index (χ1n) is 3.17. The van der Waals surface area contributed by atoms with Gasteiger partial charge in [0.2, 0.25) is 0 Å². The van der Waals surface area contributed by atoms with E-state index in [-0.39, 0.29) is 12.1 Å². The predicted octanol–water partition coefficient (Wildman–Crippen LogP) is 1.64. The van der Waals surface area contributed by atoms with E-state index in [1.54, 1.807) is 0 Å². The van der Waals surface area contributed by atoms with Crippen LogP contribution >= 0.6 is 15.9 Å². The Morgan fingerprint density at radius 2 is 2.60 bits per heavy atom. The SMILES string of the molecule is C=C(CBr)[C@@H]1CCC(=O)O1. The van der Waals surface area contributed by atoms with Crippen molar-refractivity contribution in [2.24, 2.45) is 0 Å². The van der Waals surface area contributed by atoms with Crippen LogP contribution in [0.2, 0.25) is 0 Å². The Bertz CT molecular complexity index is 165. The lowest BCUT2D eigenvalue weighted by Gasteiger charge is -2.08. The van der Waals surface area contributed by atoms with Crippen LogP contribution in [0.25, 0.3) is 0 Å². The zero-order chi connectivity index (χ0) is 7.56. The maximum atomic E-state index is 10.6. The first-order chi connectivity index (χ1) is 4.74. The molecule has 0 radical (unpaired) electrons. The molecule has 0 spiro atoms. The maximum absolute atomic E-state index is 10.6. The Labute approximate surface area is 68.4 Å². The van der Waals surface area contributed by atoms with Gasteiger partial charge in [0.05, 0.1) is 0 Å². The molecule has 0 unspecified atom stereocenters. The van der Waals surface area contributed by atoms with Crippen LogP contribution in [-0.2, 0) is 9.53 Å². The highest BCUT2D eigenvalue weighted by atomic mass is 79.9. The molecule has 1 atom stereocenters. The van der Waals surface area contributed by atoms with E-state index in [9.17, 15) is 4.79 Å². The zero-order valence-electron chi connectivity index (χ0n) is 5.60. The molecule has 1 heterocycles. The minimum Gasteiger partial charge on any atom is -0.458 e. The van der Waals surface area contributed by atoms with Gasteiger partial charge in [0, 0.05) is 11.8 Å². The van der Waals surface area contributed by atoms with Crippen molar-refractivity contribution in [2.75, 3.05) is 5.33 Å². The van der Waals surface area contributed by atoms with E-state index < -0.39 is 0 Å². The summed E-state index contributed by atoms with van der Waals surface area (Å²) in [6.07, 6.45) is 1.30. The molecule has 0 amide bonds. The lowest BCUT2D eigenvalue weighted by Crippen LogP contribution is -2.09. The minimum atomic E-state index is -0.105. The molecular formula is C7H9BrO2. The summed E-state index contributed by atoms with van der Waals surface area (Å²) in [6.45, 7) is 3.77. The van der Waals surface area contributed by atoms with Gasteiger partial charge in [-0.1, -0.05) is 22.5 Å². The Balaban J connectivity index is 2.44. The highest BCUT2D eigenvalue weighted by Crippen LogP contribution is 2.20. The number of hydrogen-bond acceptors (Lipinski definition) is 2. The zero-order valence-corrected chi connectivity index (χ0v) is 7.19. The predicted molar refractivity (Wildman–Crippen MR) is 42.0 cm³/mol. The molecule has 1 rings (SSSR count). The van der Waals surface area contributed by atoms with Crippen LogP contribution < -0.4 is 0 Å². The molecule has 0 aliphatic carbocycles. The van der Waals surface area contributed by atoms with Gasteiger partial charge in [0.15, 0.2) is 0 Å². The van der Waals surface area contributed by atoms with Gasteiger partial charge in [-0.05, 0) is 12.0 Å². The van der Waals surface area contributed by atoms with Crippen LogP contribution in [0.15, 0.2) is 12.2 Å². The van der Waals surface area contributed by atoms with Gasteiger partial charge < -0.3 is 4.74 Å². The summed E-state index contributed by atoms with van der Waals surface area (Å²) in [7, 11) is 0. The summed E-state index contributed by atoms with van der Waals surface area (Å²) in [5, 5.41) is 0.713. The van der Waals surface area contributed by atoms with Crippen LogP contribution in [0.1, 0.15) is 12.8 Å². The monoisotopic (exact) mass is 204 g/mol. The Morgan fingerprint density at radius 3 is 3.00 bits per heavy atom. The third-order valence-electron chi connectivity index (χ3n) is 1.51. The number of carbonyl (C=O) groups excluding carboxylic acids is 1. The van der Waals surface area contributed by atoms with Gasteiger partial charge in [-0.25, -0.2) is 0 Å². The second-order valence-corrected chi connectivity index (χ2v) is 2.87. The van der Waals surface area contributed by atoms with Crippen molar-refractivity contribution >= 4 is 21.9 Å². The Hall–Kier alpha value is -0.310. The molecule has 0 aromatic rings. The van der Waals surface area contributed by atoms with E-state index in [2.05, 4.69) is 22.5 Å². The second kappa shape index (κ2) is 3.19. The molecule has 1 fully saturated rings. The average Bonchev–Trinajstić information content (AvgIpc) is 2.34. The number of ether oxygens (including phenoxy) is 1. The molecule has 0 bridgehead atoms. The quantitative estimate of drug-likeness (QED) is 0.389. The van der Waals surface area contributed by atoms with Crippen LogP contribution in [0, 0.1) is 0 Å². The van der Waals surface area contributed by atoms with Crippen LogP contribution in [0.3, 0.4) is 0 Å². The van der Waals surface area contributed by atoms with Crippen molar-refractivity contribution in [3.8, 4) is 0 Å². The van der Waals surface area contributed by atoms with Gasteiger partial charge in [-0.3, -0.25) is 4.79 Å². The second-order valence-electron chi connectivity index (χ2n) is 2.31. The van der Waals surface area contributed by atoms with E-state index in [1.807, 2.05) is 0 Å². The van der Waals surface area contributed by atoms with Gasteiger partial charge in [0.1, 0.15) is 6.10 Å². The van der Waals surface area contributed by atoms with E-state index >= 15 is 0 Å². The third-order valence-corrected chi connectivity index (χ3v) is 2.23. The number of carbonyl (C=O) groups is 1. The smallest absolute Gasteiger partial charge is 0.306 e. The molecule has 1 aliphatic rings. The van der Waals surface area contributed by atoms with E-state index in [0.29, 0.717) is 11.8 Å². The molecule has 3 heteroatoms. The lowest BCUT2D eigenvalue weighted by atomic mass is 10.1. The maximum Gasteiger partial charge on any atom is 0.306 e. The van der Waals surface area contributed by atoms with Gasteiger partial charge >= 0.3 is 5.97 Å². The summed E-state index contributed by atoms with van der Waals surface area (Å²) >= 11 is 3.25. The standard InChI is InChI=1S/C7H9BrO2/c1-5(4-8)6-2-3-7(9)10-6/h6H,1-4H2/t6-/m0/s1. The number of hydrogen-bond donors (Lipinski definition) is 0. The van der Waals surface area contributed by atoms with Crippen LogP contribution in [0.4, 0.5) is 0 Å². The summed E-state index contributed by atoms with van der Waals surface area (Å²) in [5.41, 5.74) is 0.950. The fourth-order valence-corrected chi connectivity index (χ4v) is 1.26. The van der Waals surface area contributed by atoms with Gasteiger partial charge in [-0.2, -0.15) is 0 Å². The topological polar surface area (TPSA) is 26.3 Å². The minimum absolute atomic E-state index is 0.0353. The number of esters is 1. The third kappa shape index (κ3) is 1.59. The molecular weight excluding hydrogens is 196 g/mol. The van der Waals surface area contributed by atoms with Crippen molar-refractivity contribution in [1.82, 2.24) is 0 Å². The number of rotatable bonds is 2. The van der Waals surface area contributed by atoms with Crippen molar-refractivity contribution < 1.29 is 9.53 Å². The van der Waals surface area contributed by atoms with E-state index in [1.165, 1.54) is 0 Å². The summed E-state index contributed by atoms with van der Waals surface area (Å²) < 4.78 is 4.95. The molecule has 0 N–H and O–H groups in total. The van der Waals surface area contributed by atoms with Gasteiger partial charge in [-0.15, -0.1) is 0 Å². The average molecular weight is 205 g/mol. The van der Waals surface area contributed by atoms with Crippen LogP contribution in [-0.4, -0.2) is 17.4 Å². The highest BCUT2D eigenvalue weighted by molar-refractivity contribution is 9.09. The number of alkyl halides is 1. The lowest BCUT2D eigenvalue weighted by molar-refractivity contribution is -0.140. The Kier molecular flexibility index (Phi) is 2.49.